The molecule has 2 aliphatic heterocycles. The number of hydrogen-bond donors (Lipinski definition) is 1. The Kier molecular flexibility index (Phi) is 8.66. The predicted molar refractivity (Wildman–Crippen MR) is 163 cm³/mol. The van der Waals surface area contributed by atoms with Crippen LogP contribution in [0.15, 0.2) is 67.1 Å². The summed E-state index contributed by atoms with van der Waals surface area (Å²) in [4.78, 5) is 43.9. The van der Waals surface area contributed by atoms with E-state index in [1.54, 1.807) is 36.5 Å². The maximum atomic E-state index is 13.4. The third-order valence-electron chi connectivity index (χ3n) is 8.42. The monoisotopic (exact) mass is 617 g/mol. The molecule has 0 aliphatic carbocycles. The molecule has 1 unspecified atom stereocenters. The number of carbonyl (C=O) groups excluding carboxylic acids is 2. The Bertz CT molecular complexity index is 1730. The number of pyridine rings is 1. The normalized spacial score (nSPS) is 17.8. The Labute approximate surface area is 258 Å². The third-order valence-corrected chi connectivity index (χ3v) is 8.42. The predicted octanol–water partition coefficient (Wildman–Crippen LogP) is 6.08. The second-order valence-corrected chi connectivity index (χ2v) is 11.5. The largest absolute Gasteiger partial charge is 0.416 e. The van der Waals surface area contributed by atoms with Gasteiger partial charge in [0.15, 0.2) is 0 Å². The van der Waals surface area contributed by atoms with Gasteiger partial charge in [0, 0.05) is 48.9 Å². The molecule has 1 aromatic carbocycles. The highest BCUT2D eigenvalue weighted by Crippen LogP contribution is 2.35. The molecule has 234 valence electrons. The van der Waals surface area contributed by atoms with Crippen LogP contribution in [-0.2, 0) is 11.0 Å². The van der Waals surface area contributed by atoms with Gasteiger partial charge >= 0.3 is 6.18 Å². The average Bonchev–Trinajstić information content (AvgIpc) is 3.70. The summed E-state index contributed by atoms with van der Waals surface area (Å²) in [5.74, 6) is -0.0453. The van der Waals surface area contributed by atoms with Crippen molar-refractivity contribution in [3.8, 4) is 11.3 Å². The number of fused-ring (bicyclic) bond motifs is 1. The quantitative estimate of drug-likeness (QED) is 0.253. The number of nitrogens with one attached hydrogen (secondary N) is 1. The minimum atomic E-state index is -4.55. The van der Waals surface area contributed by atoms with Crippen LogP contribution < -0.4 is 5.32 Å². The van der Waals surface area contributed by atoms with E-state index in [0.717, 1.165) is 79.8 Å². The summed E-state index contributed by atoms with van der Waals surface area (Å²) < 4.78 is 41.2. The van der Waals surface area contributed by atoms with Crippen LogP contribution in [0.4, 0.5) is 19.0 Å². The van der Waals surface area contributed by atoms with E-state index in [-0.39, 0.29) is 23.3 Å². The van der Waals surface area contributed by atoms with E-state index >= 15 is 0 Å². The number of hydrogen-bond acceptors (Lipinski definition) is 6. The van der Waals surface area contributed by atoms with E-state index in [4.69, 9.17) is 4.98 Å². The molecule has 2 saturated heterocycles. The number of benzene rings is 1. The number of likely N-dealkylation sites (tertiary alicyclic amines) is 2. The molecule has 3 aromatic heterocycles. The summed E-state index contributed by atoms with van der Waals surface area (Å²) in [6, 6.07) is 8.11. The van der Waals surface area contributed by atoms with Gasteiger partial charge in [-0.1, -0.05) is 18.2 Å². The van der Waals surface area contributed by atoms with E-state index < -0.39 is 17.6 Å². The molecule has 2 aliphatic rings. The molecule has 0 spiro atoms. The zero-order valence-electron chi connectivity index (χ0n) is 24.9. The highest BCUT2D eigenvalue weighted by molar-refractivity contribution is 6.04. The van der Waals surface area contributed by atoms with E-state index in [0.29, 0.717) is 12.2 Å². The van der Waals surface area contributed by atoms with Gasteiger partial charge in [0.05, 0.1) is 28.5 Å². The van der Waals surface area contributed by atoms with E-state index in [2.05, 4.69) is 20.2 Å². The molecule has 4 aromatic rings. The van der Waals surface area contributed by atoms with Crippen LogP contribution in [0.3, 0.4) is 0 Å². The first-order valence-electron chi connectivity index (χ1n) is 15.2. The molecular weight excluding hydrogens is 583 g/mol. The number of piperidine rings is 1. The molecule has 5 heterocycles. The smallest absolute Gasteiger partial charge is 0.329 e. The lowest BCUT2D eigenvalue weighted by Gasteiger charge is -2.34. The molecule has 1 N–H and O–H groups in total. The lowest BCUT2D eigenvalue weighted by molar-refractivity contribution is -0.137. The van der Waals surface area contributed by atoms with Crippen molar-refractivity contribution in [2.24, 2.45) is 0 Å². The van der Waals surface area contributed by atoms with Crippen molar-refractivity contribution in [2.45, 2.75) is 51.2 Å². The fraction of sp³-hybridized carbons (Fsp3) is 0.364. The molecule has 0 bridgehead atoms. The molecule has 2 fully saturated rings. The molecule has 6 rings (SSSR count). The van der Waals surface area contributed by atoms with Gasteiger partial charge in [-0.3, -0.25) is 23.9 Å². The number of aryl methyl sites for hydroxylation is 1. The highest BCUT2D eigenvalue weighted by Gasteiger charge is 2.32. The topological polar surface area (TPSA) is 95.7 Å². The van der Waals surface area contributed by atoms with Gasteiger partial charge in [-0.2, -0.15) is 13.2 Å². The van der Waals surface area contributed by atoms with Crippen LogP contribution in [-0.4, -0.2) is 67.1 Å². The number of alkyl halides is 3. The van der Waals surface area contributed by atoms with Gasteiger partial charge in [0.1, 0.15) is 11.6 Å². The van der Waals surface area contributed by atoms with Gasteiger partial charge in [-0.25, -0.2) is 9.97 Å². The SMILES string of the molecule is Cc1nccn2c(C3CCCCN3C(=O)C=CCN3CCCC3)nc(-c3ccc(C(=O)Nc4cc(C(F)(F)F)ccn4)cc3)c12. The van der Waals surface area contributed by atoms with Gasteiger partial charge in [-0.05, 0) is 76.4 Å². The van der Waals surface area contributed by atoms with Crippen molar-refractivity contribution in [1.29, 1.82) is 0 Å². The summed E-state index contributed by atoms with van der Waals surface area (Å²) in [6.07, 6.45) is 8.79. The van der Waals surface area contributed by atoms with Crippen molar-refractivity contribution in [3.05, 3.63) is 89.8 Å². The summed E-state index contributed by atoms with van der Waals surface area (Å²) in [7, 11) is 0. The van der Waals surface area contributed by atoms with Crippen LogP contribution in [0.2, 0.25) is 0 Å². The highest BCUT2D eigenvalue weighted by atomic mass is 19.4. The molecule has 1 atom stereocenters. The fourth-order valence-electron chi connectivity index (χ4n) is 6.13. The molecular formula is C33H34F3N7O2. The average molecular weight is 618 g/mol. The number of halogens is 3. The van der Waals surface area contributed by atoms with Crippen LogP contribution in [0, 0.1) is 6.92 Å². The Morgan fingerprint density at radius 3 is 2.51 bits per heavy atom. The first kappa shape index (κ1) is 30.4. The number of amides is 2. The second kappa shape index (κ2) is 12.8. The number of carbonyl (C=O) groups is 2. The maximum absolute atomic E-state index is 13.4. The number of rotatable bonds is 7. The molecule has 9 nitrogen and oxygen atoms in total. The molecule has 45 heavy (non-hydrogen) atoms. The standard InChI is InChI=1S/C33H34F3N7O2/c1-22-30-29(23-9-11-24(12-10-23)32(45)39-27-21-25(13-14-38-27)33(34,35)36)40-31(43(30)20-15-37-22)26-7-2-3-19-42(26)28(44)8-6-18-41-16-4-5-17-41/h6,8-15,20-21,26H,2-5,7,16-19H2,1H3,(H,38,39,45). The van der Waals surface area contributed by atoms with Crippen LogP contribution in [0.25, 0.3) is 16.8 Å². The minimum absolute atomic E-state index is 0.0198. The van der Waals surface area contributed by atoms with E-state index in [1.807, 2.05) is 28.5 Å². The van der Waals surface area contributed by atoms with Gasteiger partial charge in [0.25, 0.3) is 5.91 Å². The summed E-state index contributed by atoms with van der Waals surface area (Å²) >= 11 is 0. The number of aromatic nitrogens is 4. The van der Waals surface area contributed by atoms with Crippen molar-refractivity contribution in [1.82, 2.24) is 29.2 Å². The molecule has 0 radical (unpaired) electrons. The molecule has 2 amide bonds. The van der Waals surface area contributed by atoms with Crippen LogP contribution in [0.5, 0.6) is 0 Å². The number of imidazole rings is 1. The molecule has 0 saturated carbocycles. The fourth-order valence-corrected chi connectivity index (χ4v) is 6.13. The summed E-state index contributed by atoms with van der Waals surface area (Å²) in [5.41, 5.74) is 2.34. The van der Waals surface area contributed by atoms with E-state index in [9.17, 15) is 22.8 Å². The first-order valence-corrected chi connectivity index (χ1v) is 15.2. The second-order valence-electron chi connectivity index (χ2n) is 11.5. The Hall–Kier alpha value is -4.58. The molecule has 12 heteroatoms. The van der Waals surface area contributed by atoms with Crippen molar-refractivity contribution < 1.29 is 22.8 Å². The lowest BCUT2D eigenvalue weighted by atomic mass is 10.0. The summed E-state index contributed by atoms with van der Waals surface area (Å²) in [5, 5.41) is 2.44. The lowest BCUT2D eigenvalue weighted by Crippen LogP contribution is -2.38. The Morgan fingerprint density at radius 2 is 1.76 bits per heavy atom. The Morgan fingerprint density at radius 1 is 1.00 bits per heavy atom. The number of nitrogens with zero attached hydrogens (tertiary/aromatic N) is 6. The van der Waals surface area contributed by atoms with Gasteiger partial charge in [0.2, 0.25) is 5.91 Å². The third kappa shape index (κ3) is 6.60. The Balaban J connectivity index is 1.25. The minimum Gasteiger partial charge on any atom is -0.329 e. The van der Waals surface area contributed by atoms with Crippen LogP contribution >= 0.6 is 0 Å². The van der Waals surface area contributed by atoms with E-state index in [1.165, 1.54) is 12.8 Å². The zero-order valence-corrected chi connectivity index (χ0v) is 24.9. The summed E-state index contributed by atoms with van der Waals surface area (Å²) in [6.45, 7) is 5.46. The zero-order chi connectivity index (χ0) is 31.6. The first-order chi connectivity index (χ1) is 21.7. The van der Waals surface area contributed by atoms with Gasteiger partial charge < -0.3 is 10.2 Å². The van der Waals surface area contributed by atoms with Crippen molar-refractivity contribution in [3.63, 3.8) is 0 Å². The van der Waals surface area contributed by atoms with Crippen LogP contribution in [0.1, 0.15) is 65.6 Å². The van der Waals surface area contributed by atoms with Crippen molar-refractivity contribution in [2.75, 3.05) is 31.5 Å². The van der Waals surface area contributed by atoms with Gasteiger partial charge in [-0.15, -0.1) is 0 Å². The van der Waals surface area contributed by atoms with Crippen molar-refractivity contribution >= 4 is 23.1 Å². The maximum Gasteiger partial charge on any atom is 0.416 e. The number of anilines is 1.